The zero-order chi connectivity index (χ0) is 23.6. The fraction of sp³-hybridized carbons (Fsp3) is 0.391. The number of ether oxygens (including phenoxy) is 2. The summed E-state index contributed by atoms with van der Waals surface area (Å²) in [5.41, 5.74) is 0.703. The topological polar surface area (TPSA) is 127 Å². The summed E-state index contributed by atoms with van der Waals surface area (Å²) in [7, 11) is 0. The Morgan fingerprint density at radius 2 is 1.69 bits per heavy atom. The third-order valence-corrected chi connectivity index (χ3v) is 4.18. The molecule has 0 fully saturated rings. The number of nitrogens with zero attached hydrogens (tertiary/aromatic N) is 1. The molecule has 0 unspecified atom stereocenters. The molecule has 0 saturated carbocycles. The van der Waals surface area contributed by atoms with E-state index in [0.717, 1.165) is 5.56 Å². The number of nitrogens with one attached hydrogen (secondary N) is 2. The van der Waals surface area contributed by atoms with Gasteiger partial charge >= 0.3 is 12.1 Å². The molecule has 1 aromatic heterocycles. The minimum atomic E-state index is -1.29. The highest BCUT2D eigenvalue weighted by Crippen LogP contribution is 2.09. The molecule has 9 nitrogen and oxygen atoms in total. The average molecular weight is 444 g/mol. The minimum Gasteiger partial charge on any atom is -0.459 e. The first-order chi connectivity index (χ1) is 15.2. The molecule has 0 bridgehead atoms. The molecule has 2 amide bonds. The minimum absolute atomic E-state index is 0.00131. The van der Waals surface area contributed by atoms with Gasteiger partial charge in [-0.05, 0) is 38.0 Å². The quantitative estimate of drug-likeness (QED) is 0.504. The normalized spacial score (nSPS) is 12.9. The summed E-state index contributed by atoms with van der Waals surface area (Å²) in [5.74, 6) is -1.46. The molecule has 3 N–H and O–H groups in total. The van der Waals surface area contributed by atoms with Crippen LogP contribution < -0.4 is 10.6 Å². The van der Waals surface area contributed by atoms with Gasteiger partial charge in [0.05, 0.1) is 6.61 Å². The summed E-state index contributed by atoms with van der Waals surface area (Å²) < 4.78 is 10.4. The molecule has 2 rings (SSSR count). The number of carbonyl (C=O) groups excluding carboxylic acids is 3. The van der Waals surface area contributed by atoms with E-state index < -0.39 is 42.3 Å². The van der Waals surface area contributed by atoms with Gasteiger partial charge in [0.1, 0.15) is 18.2 Å². The van der Waals surface area contributed by atoms with Gasteiger partial charge in [-0.15, -0.1) is 0 Å². The number of esters is 1. The summed E-state index contributed by atoms with van der Waals surface area (Å²) in [5, 5.41) is 14.6. The van der Waals surface area contributed by atoms with Gasteiger partial charge in [-0.2, -0.15) is 0 Å². The van der Waals surface area contributed by atoms with E-state index in [2.05, 4.69) is 15.6 Å². The van der Waals surface area contributed by atoms with Crippen LogP contribution in [0.3, 0.4) is 0 Å². The molecular formula is C23H29N3O6. The number of hydrogen-bond donors (Lipinski definition) is 3. The van der Waals surface area contributed by atoms with Crippen LogP contribution in [0.2, 0.25) is 0 Å². The predicted molar refractivity (Wildman–Crippen MR) is 116 cm³/mol. The van der Waals surface area contributed by atoms with Crippen molar-refractivity contribution in [3.8, 4) is 0 Å². The van der Waals surface area contributed by atoms with Crippen LogP contribution in [0.25, 0.3) is 0 Å². The molecule has 1 heterocycles. The van der Waals surface area contributed by atoms with Crippen LogP contribution in [0, 0.1) is 0 Å². The van der Waals surface area contributed by atoms with Crippen LogP contribution in [0.5, 0.6) is 0 Å². The van der Waals surface area contributed by atoms with Crippen molar-refractivity contribution in [1.29, 1.82) is 0 Å². The van der Waals surface area contributed by atoms with E-state index in [0.29, 0.717) is 5.56 Å². The van der Waals surface area contributed by atoms with Gasteiger partial charge in [-0.1, -0.05) is 36.4 Å². The van der Waals surface area contributed by atoms with Crippen molar-refractivity contribution in [3.05, 3.63) is 66.0 Å². The zero-order valence-corrected chi connectivity index (χ0v) is 18.4. The number of alkyl carbamates (subject to hydrolysis) is 1. The Kier molecular flexibility index (Phi) is 9.15. The first-order valence-corrected chi connectivity index (χ1v) is 10.2. The second kappa shape index (κ2) is 11.8. The van der Waals surface area contributed by atoms with Crippen molar-refractivity contribution in [2.24, 2.45) is 0 Å². The van der Waals surface area contributed by atoms with E-state index in [-0.39, 0.29) is 13.0 Å². The van der Waals surface area contributed by atoms with Crippen LogP contribution in [-0.2, 0) is 32.1 Å². The van der Waals surface area contributed by atoms with Crippen molar-refractivity contribution < 1.29 is 29.0 Å². The van der Waals surface area contributed by atoms with Gasteiger partial charge in [0.2, 0.25) is 5.91 Å². The number of amides is 2. The van der Waals surface area contributed by atoms with E-state index in [1.165, 1.54) is 0 Å². The second-order valence-corrected chi connectivity index (χ2v) is 8.10. The Labute approximate surface area is 187 Å². The molecule has 9 heteroatoms. The number of pyridine rings is 1. The molecule has 0 saturated heterocycles. The van der Waals surface area contributed by atoms with Gasteiger partial charge in [0.25, 0.3) is 0 Å². The van der Waals surface area contributed by atoms with Crippen LogP contribution >= 0.6 is 0 Å². The Balaban J connectivity index is 2.04. The Bertz CT molecular complexity index is 884. The van der Waals surface area contributed by atoms with Gasteiger partial charge in [-0.25, -0.2) is 9.59 Å². The van der Waals surface area contributed by atoms with Gasteiger partial charge in [0.15, 0.2) is 6.04 Å². The summed E-state index contributed by atoms with van der Waals surface area (Å²) >= 11 is 0. The lowest BCUT2D eigenvalue weighted by Crippen LogP contribution is -2.54. The summed E-state index contributed by atoms with van der Waals surface area (Å²) in [6, 6.07) is 10.1. The Morgan fingerprint density at radius 3 is 2.28 bits per heavy atom. The van der Waals surface area contributed by atoms with E-state index in [4.69, 9.17) is 9.47 Å². The van der Waals surface area contributed by atoms with Gasteiger partial charge < -0.3 is 25.2 Å². The molecule has 32 heavy (non-hydrogen) atoms. The fourth-order valence-corrected chi connectivity index (χ4v) is 2.69. The van der Waals surface area contributed by atoms with Crippen molar-refractivity contribution in [2.75, 3.05) is 6.61 Å². The highest BCUT2D eigenvalue weighted by atomic mass is 16.6. The van der Waals surface area contributed by atoms with Crippen LogP contribution in [0.4, 0.5) is 4.79 Å². The van der Waals surface area contributed by atoms with Gasteiger partial charge in [0, 0.05) is 18.8 Å². The molecule has 2 aromatic rings. The van der Waals surface area contributed by atoms with E-state index in [1.54, 1.807) is 69.6 Å². The monoisotopic (exact) mass is 443 g/mol. The van der Waals surface area contributed by atoms with Crippen molar-refractivity contribution in [3.63, 3.8) is 0 Å². The standard InChI is InChI=1S/C23H29N3O6/c1-23(2,3)32-22(30)26-18(12-17-10-7-11-24-13-17)20(28)25-19(14-27)21(29)31-15-16-8-5-4-6-9-16/h4-11,13,18-19,27H,12,14-15H2,1-3H3,(H,25,28)(H,26,30)/t18-,19-/m0/s1. The van der Waals surface area contributed by atoms with Crippen LogP contribution in [0.15, 0.2) is 54.9 Å². The third-order valence-electron chi connectivity index (χ3n) is 4.18. The third kappa shape index (κ3) is 8.73. The highest BCUT2D eigenvalue weighted by Gasteiger charge is 2.29. The largest absolute Gasteiger partial charge is 0.459 e. The lowest BCUT2D eigenvalue weighted by Gasteiger charge is -2.24. The SMILES string of the molecule is CC(C)(C)OC(=O)N[C@@H](Cc1cccnc1)C(=O)N[C@@H](CO)C(=O)OCc1ccccc1. The lowest BCUT2D eigenvalue weighted by molar-refractivity contribution is -0.150. The summed E-state index contributed by atoms with van der Waals surface area (Å²) in [6.07, 6.45) is 2.48. The Hall–Kier alpha value is -3.46. The highest BCUT2D eigenvalue weighted by molar-refractivity contribution is 5.90. The zero-order valence-electron chi connectivity index (χ0n) is 18.4. The van der Waals surface area contributed by atoms with E-state index in [1.807, 2.05) is 6.07 Å². The Morgan fingerprint density at radius 1 is 1.00 bits per heavy atom. The van der Waals surface area contributed by atoms with Gasteiger partial charge in [-0.3, -0.25) is 9.78 Å². The molecule has 0 aliphatic heterocycles. The predicted octanol–water partition coefficient (Wildman–Crippen LogP) is 1.74. The molecule has 2 atom stereocenters. The molecular weight excluding hydrogens is 414 g/mol. The summed E-state index contributed by atoms with van der Waals surface area (Å²) in [4.78, 5) is 41.5. The van der Waals surface area contributed by atoms with E-state index in [9.17, 15) is 19.5 Å². The number of rotatable bonds is 9. The second-order valence-electron chi connectivity index (χ2n) is 8.10. The number of aliphatic hydroxyl groups excluding tert-OH is 1. The lowest BCUT2D eigenvalue weighted by atomic mass is 10.1. The maximum Gasteiger partial charge on any atom is 0.408 e. The average Bonchev–Trinajstić information content (AvgIpc) is 2.75. The number of carbonyl (C=O) groups is 3. The maximum absolute atomic E-state index is 12.9. The maximum atomic E-state index is 12.9. The van der Waals surface area contributed by atoms with Crippen molar-refractivity contribution in [1.82, 2.24) is 15.6 Å². The summed E-state index contributed by atoms with van der Waals surface area (Å²) in [6.45, 7) is 4.45. The molecule has 0 aliphatic rings. The van der Waals surface area contributed by atoms with Crippen molar-refractivity contribution >= 4 is 18.0 Å². The smallest absolute Gasteiger partial charge is 0.408 e. The number of aliphatic hydroxyl groups is 1. The molecule has 0 spiro atoms. The van der Waals surface area contributed by atoms with Crippen molar-refractivity contribution in [2.45, 2.75) is 51.5 Å². The fourth-order valence-electron chi connectivity index (χ4n) is 2.69. The van der Waals surface area contributed by atoms with Crippen LogP contribution in [-0.4, -0.2) is 52.4 Å². The number of aromatic nitrogens is 1. The van der Waals surface area contributed by atoms with E-state index >= 15 is 0 Å². The molecule has 172 valence electrons. The first kappa shape index (κ1) is 24.8. The molecule has 0 aliphatic carbocycles. The van der Waals surface area contributed by atoms with Crippen LogP contribution in [0.1, 0.15) is 31.9 Å². The number of benzene rings is 1. The molecule has 0 radical (unpaired) electrons. The molecule has 1 aromatic carbocycles. The number of hydrogen-bond acceptors (Lipinski definition) is 7. The first-order valence-electron chi connectivity index (χ1n) is 10.2.